The average molecular weight is 252 g/mol. The van der Waals surface area contributed by atoms with Crippen molar-refractivity contribution in [1.29, 1.82) is 0 Å². The second kappa shape index (κ2) is 7.87. The van der Waals surface area contributed by atoms with Crippen LogP contribution in [0.25, 0.3) is 0 Å². The Morgan fingerprint density at radius 1 is 1.22 bits per heavy atom. The molecule has 0 saturated heterocycles. The maximum atomic E-state index is 9.69. The summed E-state index contributed by atoms with van der Waals surface area (Å²) in [4.78, 5) is 8.81. The molecule has 1 heterocycles. The van der Waals surface area contributed by atoms with Crippen molar-refractivity contribution in [3.05, 3.63) is 11.9 Å². The molecule has 1 unspecified atom stereocenters. The van der Waals surface area contributed by atoms with Crippen molar-refractivity contribution in [3.8, 4) is 0 Å². The highest BCUT2D eigenvalue weighted by Gasteiger charge is 2.06. The quantitative estimate of drug-likeness (QED) is 0.660. The number of nitrogens with one attached hydrogen (secondary N) is 2. The van der Waals surface area contributed by atoms with Gasteiger partial charge < -0.3 is 15.7 Å². The lowest BCUT2D eigenvalue weighted by Gasteiger charge is -2.12. The van der Waals surface area contributed by atoms with Crippen molar-refractivity contribution in [1.82, 2.24) is 9.97 Å². The fourth-order valence-electron chi connectivity index (χ4n) is 1.71. The zero-order chi connectivity index (χ0) is 13.4. The Bertz CT molecular complexity index is 357. The molecule has 0 aliphatic rings. The Balaban J connectivity index is 2.65. The number of aromatic nitrogens is 2. The van der Waals surface area contributed by atoms with E-state index >= 15 is 0 Å². The summed E-state index contributed by atoms with van der Waals surface area (Å²) in [5.74, 6) is 2.41. The molecule has 1 aromatic rings. The van der Waals surface area contributed by atoms with E-state index < -0.39 is 0 Å². The van der Waals surface area contributed by atoms with Crippen LogP contribution >= 0.6 is 0 Å². The highest BCUT2D eigenvalue weighted by atomic mass is 16.3. The molecule has 102 valence electrons. The molecule has 0 aromatic carbocycles. The average Bonchev–Trinajstić information content (AvgIpc) is 2.37. The zero-order valence-electron chi connectivity index (χ0n) is 11.5. The van der Waals surface area contributed by atoms with Gasteiger partial charge in [-0.1, -0.05) is 20.3 Å². The predicted octanol–water partition coefficient (Wildman–Crippen LogP) is 2.04. The molecule has 1 rings (SSSR count). The van der Waals surface area contributed by atoms with Gasteiger partial charge in [0.15, 0.2) is 0 Å². The van der Waals surface area contributed by atoms with Crippen LogP contribution in [-0.2, 0) is 6.42 Å². The van der Waals surface area contributed by atoms with Crippen LogP contribution < -0.4 is 10.6 Å². The smallest absolute Gasteiger partial charge is 0.133 e. The van der Waals surface area contributed by atoms with Gasteiger partial charge in [-0.2, -0.15) is 0 Å². The second-order valence-electron chi connectivity index (χ2n) is 4.38. The molecule has 3 N–H and O–H groups in total. The lowest BCUT2D eigenvalue weighted by Crippen LogP contribution is -2.20. The van der Waals surface area contributed by atoms with E-state index in [0.717, 1.165) is 43.1 Å². The standard InChI is InChI=1S/C13H24N4O/c1-4-6-10(18)9-15-13-8-12(14-3)16-11(17-13)7-5-2/h8,10,18H,4-7,9H2,1-3H3,(H2,14,15,16,17). The molecule has 0 aliphatic carbocycles. The summed E-state index contributed by atoms with van der Waals surface area (Å²) in [6.07, 6.45) is 3.35. The first kappa shape index (κ1) is 14.7. The molecule has 5 nitrogen and oxygen atoms in total. The number of nitrogens with zero attached hydrogens (tertiary/aromatic N) is 2. The molecule has 18 heavy (non-hydrogen) atoms. The molecule has 0 radical (unpaired) electrons. The molecular weight excluding hydrogens is 228 g/mol. The number of aliphatic hydroxyl groups excluding tert-OH is 1. The van der Waals surface area contributed by atoms with Gasteiger partial charge in [-0.25, -0.2) is 9.97 Å². The van der Waals surface area contributed by atoms with Gasteiger partial charge in [-0.3, -0.25) is 0 Å². The highest BCUT2D eigenvalue weighted by molar-refractivity contribution is 5.47. The van der Waals surface area contributed by atoms with Crippen LogP contribution in [0.5, 0.6) is 0 Å². The van der Waals surface area contributed by atoms with Gasteiger partial charge >= 0.3 is 0 Å². The summed E-state index contributed by atoms with van der Waals surface area (Å²) in [6.45, 7) is 4.69. The molecular formula is C13H24N4O. The maximum absolute atomic E-state index is 9.69. The van der Waals surface area contributed by atoms with Gasteiger partial charge in [0.05, 0.1) is 6.10 Å². The first-order valence-electron chi connectivity index (χ1n) is 6.67. The number of hydrogen-bond acceptors (Lipinski definition) is 5. The lowest BCUT2D eigenvalue weighted by molar-refractivity contribution is 0.176. The van der Waals surface area contributed by atoms with Crippen molar-refractivity contribution in [3.63, 3.8) is 0 Å². The predicted molar refractivity (Wildman–Crippen MR) is 75.0 cm³/mol. The van der Waals surface area contributed by atoms with E-state index in [1.807, 2.05) is 13.1 Å². The second-order valence-corrected chi connectivity index (χ2v) is 4.38. The molecule has 0 spiro atoms. The molecule has 0 fully saturated rings. The van der Waals surface area contributed by atoms with Crippen LogP contribution in [0.15, 0.2) is 6.07 Å². The van der Waals surface area contributed by atoms with Gasteiger partial charge in [0.2, 0.25) is 0 Å². The largest absolute Gasteiger partial charge is 0.391 e. The topological polar surface area (TPSA) is 70.1 Å². The van der Waals surface area contributed by atoms with E-state index in [2.05, 4.69) is 34.4 Å². The first-order valence-corrected chi connectivity index (χ1v) is 6.67. The van der Waals surface area contributed by atoms with Gasteiger partial charge in [0, 0.05) is 26.1 Å². The van der Waals surface area contributed by atoms with E-state index in [0.29, 0.717) is 6.54 Å². The Morgan fingerprint density at radius 2 is 1.94 bits per heavy atom. The normalized spacial score (nSPS) is 12.2. The van der Waals surface area contributed by atoms with Crippen molar-refractivity contribution < 1.29 is 5.11 Å². The Hall–Kier alpha value is -1.36. The SMILES string of the molecule is CCCc1nc(NC)cc(NCC(O)CCC)n1. The number of aliphatic hydroxyl groups is 1. The third-order valence-electron chi connectivity index (χ3n) is 2.64. The number of rotatable bonds is 8. The van der Waals surface area contributed by atoms with Crippen molar-refractivity contribution in [2.75, 3.05) is 24.2 Å². The Morgan fingerprint density at radius 3 is 2.56 bits per heavy atom. The first-order chi connectivity index (χ1) is 8.69. The lowest BCUT2D eigenvalue weighted by atomic mass is 10.2. The Kier molecular flexibility index (Phi) is 6.43. The summed E-state index contributed by atoms with van der Waals surface area (Å²) in [7, 11) is 1.84. The van der Waals surface area contributed by atoms with Crippen LogP contribution in [0, 0.1) is 0 Å². The molecule has 1 aromatic heterocycles. The van der Waals surface area contributed by atoms with E-state index in [-0.39, 0.29) is 6.10 Å². The van der Waals surface area contributed by atoms with Crippen molar-refractivity contribution in [2.45, 2.75) is 45.6 Å². The molecule has 0 amide bonds. The summed E-state index contributed by atoms with van der Waals surface area (Å²) < 4.78 is 0. The minimum Gasteiger partial charge on any atom is -0.391 e. The van der Waals surface area contributed by atoms with E-state index in [4.69, 9.17) is 0 Å². The summed E-state index contributed by atoms with van der Waals surface area (Å²) >= 11 is 0. The van der Waals surface area contributed by atoms with E-state index in [9.17, 15) is 5.11 Å². The van der Waals surface area contributed by atoms with Crippen LogP contribution in [0.3, 0.4) is 0 Å². The molecule has 1 atom stereocenters. The fraction of sp³-hybridized carbons (Fsp3) is 0.692. The Labute approximate surface area is 109 Å². The van der Waals surface area contributed by atoms with Gasteiger partial charge in [-0.15, -0.1) is 0 Å². The highest BCUT2D eigenvalue weighted by Crippen LogP contribution is 2.12. The molecule has 0 saturated carbocycles. The van der Waals surface area contributed by atoms with E-state index in [1.165, 1.54) is 0 Å². The van der Waals surface area contributed by atoms with Crippen LogP contribution in [-0.4, -0.2) is 34.8 Å². The number of hydrogen-bond donors (Lipinski definition) is 3. The summed E-state index contributed by atoms with van der Waals surface area (Å²) in [6, 6.07) is 1.86. The third-order valence-corrected chi connectivity index (χ3v) is 2.64. The van der Waals surface area contributed by atoms with Gasteiger partial charge in [0.25, 0.3) is 0 Å². The molecule has 0 aliphatic heterocycles. The van der Waals surface area contributed by atoms with Crippen LogP contribution in [0.4, 0.5) is 11.6 Å². The minimum absolute atomic E-state index is 0.322. The molecule has 0 bridgehead atoms. The zero-order valence-corrected chi connectivity index (χ0v) is 11.5. The van der Waals surface area contributed by atoms with Crippen LogP contribution in [0.2, 0.25) is 0 Å². The summed E-state index contributed by atoms with van der Waals surface area (Å²) in [5, 5.41) is 15.9. The fourth-order valence-corrected chi connectivity index (χ4v) is 1.71. The minimum atomic E-state index is -0.322. The maximum Gasteiger partial charge on any atom is 0.133 e. The van der Waals surface area contributed by atoms with Crippen molar-refractivity contribution >= 4 is 11.6 Å². The van der Waals surface area contributed by atoms with Crippen LogP contribution in [0.1, 0.15) is 38.9 Å². The van der Waals surface area contributed by atoms with Gasteiger partial charge in [0.1, 0.15) is 17.5 Å². The third kappa shape index (κ3) is 4.87. The number of anilines is 2. The molecule has 5 heteroatoms. The monoisotopic (exact) mass is 252 g/mol. The van der Waals surface area contributed by atoms with E-state index in [1.54, 1.807) is 0 Å². The number of aryl methyl sites for hydroxylation is 1. The summed E-state index contributed by atoms with van der Waals surface area (Å²) in [5.41, 5.74) is 0. The van der Waals surface area contributed by atoms with Crippen molar-refractivity contribution in [2.24, 2.45) is 0 Å². The van der Waals surface area contributed by atoms with Gasteiger partial charge in [-0.05, 0) is 12.8 Å².